The number of fused-ring (bicyclic) bond motifs is 1. The van der Waals surface area contributed by atoms with Gasteiger partial charge in [0, 0.05) is 32.0 Å². The fourth-order valence-corrected chi connectivity index (χ4v) is 8.47. The van der Waals surface area contributed by atoms with Gasteiger partial charge >= 0.3 is 6.09 Å². The highest BCUT2D eigenvalue weighted by molar-refractivity contribution is 7.91. The number of alkyl carbamates (subject to hydrolysis) is 1. The molecule has 0 aromatic rings. The number of hydrogen-bond acceptors (Lipinski definition) is 8. The lowest BCUT2D eigenvalue weighted by molar-refractivity contribution is -0.138. The van der Waals surface area contributed by atoms with Crippen LogP contribution in [0.25, 0.3) is 0 Å². The zero-order valence-corrected chi connectivity index (χ0v) is 32.2. The third-order valence-corrected chi connectivity index (χ3v) is 12.4. The molecule has 1 saturated carbocycles. The number of ether oxygens (including phenoxy) is 2. The third-order valence-electron chi connectivity index (χ3n) is 10.5. The highest BCUT2D eigenvalue weighted by Crippen LogP contribution is 2.34. The first-order valence-electron chi connectivity index (χ1n) is 18.6. The van der Waals surface area contributed by atoms with Crippen molar-refractivity contribution in [3.05, 3.63) is 60.8 Å². The number of methoxy groups -OCH3 is 1. The Hall–Kier alpha value is -3.71. The highest BCUT2D eigenvalue weighted by Gasteiger charge is 2.45. The van der Waals surface area contributed by atoms with E-state index in [1.807, 2.05) is 20.8 Å². The summed E-state index contributed by atoms with van der Waals surface area (Å²) in [6.07, 6.45) is 21.5. The molecule has 0 radical (unpaired) electrons. The van der Waals surface area contributed by atoms with Gasteiger partial charge in [0.05, 0.1) is 18.0 Å². The summed E-state index contributed by atoms with van der Waals surface area (Å²) < 4.78 is 38.1. The predicted molar refractivity (Wildman–Crippen MR) is 200 cm³/mol. The van der Waals surface area contributed by atoms with Crippen LogP contribution in [0.5, 0.6) is 0 Å². The highest BCUT2D eigenvalue weighted by atomic mass is 32.2. The zero-order chi connectivity index (χ0) is 38.1. The number of carbonyl (C=O) groups excluding carboxylic acids is 4. The number of nitrogens with zero attached hydrogens (tertiary/aromatic N) is 1. The van der Waals surface area contributed by atoms with Crippen LogP contribution in [-0.4, -0.2) is 86.4 Å². The van der Waals surface area contributed by atoms with E-state index >= 15 is 0 Å². The van der Waals surface area contributed by atoms with Crippen molar-refractivity contribution in [2.75, 3.05) is 20.3 Å². The van der Waals surface area contributed by atoms with Crippen LogP contribution in [0.1, 0.15) is 91.9 Å². The number of allylic oxidation sites excluding steroid dienone is 8. The molecule has 288 valence electrons. The molecule has 1 heterocycles. The van der Waals surface area contributed by atoms with Crippen LogP contribution in [0, 0.1) is 17.3 Å². The smallest absolute Gasteiger partial charge is 0.407 e. The van der Waals surface area contributed by atoms with E-state index in [0.717, 1.165) is 25.7 Å². The summed E-state index contributed by atoms with van der Waals surface area (Å²) in [5.41, 5.74) is -0.991. The van der Waals surface area contributed by atoms with Crippen molar-refractivity contribution >= 4 is 33.8 Å². The average molecular weight is 743 g/mol. The van der Waals surface area contributed by atoms with E-state index in [1.54, 1.807) is 11.8 Å². The quantitative estimate of drug-likeness (QED) is 0.131. The van der Waals surface area contributed by atoms with Gasteiger partial charge in [-0.15, -0.1) is 6.58 Å². The Morgan fingerprint density at radius 2 is 1.79 bits per heavy atom. The Morgan fingerprint density at radius 3 is 2.44 bits per heavy atom. The van der Waals surface area contributed by atoms with E-state index in [0.29, 0.717) is 37.5 Å². The molecule has 0 aromatic heterocycles. The Morgan fingerprint density at radius 1 is 1.06 bits per heavy atom. The molecule has 1 saturated heterocycles. The summed E-state index contributed by atoms with van der Waals surface area (Å²) in [6, 6.07) is -1.55. The molecule has 3 N–H and O–H groups in total. The first-order valence-corrected chi connectivity index (χ1v) is 20.2. The molecule has 12 nitrogen and oxygen atoms in total. The first-order chi connectivity index (χ1) is 24.6. The van der Waals surface area contributed by atoms with Gasteiger partial charge < -0.3 is 25.0 Å². The molecule has 0 aromatic carbocycles. The van der Waals surface area contributed by atoms with Gasteiger partial charge in [0.1, 0.15) is 11.6 Å². The second-order valence-electron chi connectivity index (χ2n) is 15.5. The molecule has 4 amide bonds. The van der Waals surface area contributed by atoms with Crippen LogP contribution in [0.4, 0.5) is 4.79 Å². The molecule has 0 spiro atoms. The number of rotatable bonds is 18. The number of carbonyl (C=O) groups is 4. The average Bonchev–Trinajstić information content (AvgIpc) is 3.90. The molecule has 52 heavy (non-hydrogen) atoms. The van der Waals surface area contributed by atoms with Crippen molar-refractivity contribution in [2.24, 2.45) is 17.3 Å². The van der Waals surface area contributed by atoms with Gasteiger partial charge in [-0.3, -0.25) is 19.1 Å². The van der Waals surface area contributed by atoms with Crippen molar-refractivity contribution in [3.8, 4) is 0 Å². The Kier molecular flexibility index (Phi) is 14.1. The fraction of sp³-hybridized carbons (Fsp3) is 0.641. The SMILES string of the molecule is C=C[C@@](CC)(NC(=O)C[C@@H]1C[C@H](OC)CN1C(=O)[C@@H](NC(=O)OCCCCCCC1C=CC=C2C=CC=CC21)C(C)(C)C)C(=O)NS(=O)(=O)C1CC1. The molecule has 3 aliphatic carbocycles. The molecular weight excluding hydrogens is 685 g/mol. The molecule has 2 unspecified atom stereocenters. The van der Waals surface area contributed by atoms with Gasteiger partial charge in [-0.05, 0) is 55.4 Å². The maximum absolute atomic E-state index is 14.1. The third kappa shape index (κ3) is 10.7. The molecule has 2 fully saturated rings. The first kappa shape index (κ1) is 41.1. The van der Waals surface area contributed by atoms with Crippen molar-refractivity contribution in [1.82, 2.24) is 20.3 Å². The van der Waals surface area contributed by atoms with Crippen LogP contribution in [0.2, 0.25) is 0 Å². The van der Waals surface area contributed by atoms with E-state index < -0.39 is 56.2 Å². The van der Waals surface area contributed by atoms with E-state index in [1.165, 1.54) is 18.8 Å². The van der Waals surface area contributed by atoms with E-state index in [2.05, 4.69) is 64.5 Å². The predicted octanol–water partition coefficient (Wildman–Crippen LogP) is 5.00. The number of unbranched alkanes of at least 4 members (excludes halogenated alkanes) is 3. The Bertz CT molecular complexity index is 1560. The monoisotopic (exact) mass is 742 g/mol. The topological polar surface area (TPSA) is 160 Å². The maximum atomic E-state index is 14.1. The van der Waals surface area contributed by atoms with Gasteiger partial charge in [0.2, 0.25) is 21.8 Å². The molecule has 13 heteroatoms. The summed E-state index contributed by atoms with van der Waals surface area (Å²) in [7, 11) is -2.32. The molecule has 4 aliphatic rings. The van der Waals surface area contributed by atoms with Crippen LogP contribution >= 0.6 is 0 Å². The van der Waals surface area contributed by atoms with E-state index in [4.69, 9.17) is 9.47 Å². The van der Waals surface area contributed by atoms with Crippen LogP contribution in [-0.2, 0) is 33.9 Å². The van der Waals surface area contributed by atoms with E-state index in [9.17, 15) is 27.6 Å². The number of amides is 4. The number of likely N-dealkylation sites (tertiary alicyclic amines) is 1. The fourth-order valence-electron chi connectivity index (χ4n) is 7.11. The van der Waals surface area contributed by atoms with Gasteiger partial charge in [0.15, 0.2) is 0 Å². The standard InChI is InChI=1S/C39H58N4O8S/c1-7-39(8-2,36(46)42-52(48,49)31-21-22-31)41-33(44)25-29-24-30(50-6)26-43(29)35(45)34(38(3,4)5)40-37(47)51-23-14-10-9-11-16-27-18-15-19-28-17-12-13-20-32(27)28/h7,12-13,15,17-20,27,29-32,34H,1,8-11,14,16,21-26H2,2-6H3,(H,40,47)(H,41,44)(H,42,46)/t27?,29-,30-,32?,34+,39-/m0/s1. The Balaban J connectivity index is 1.27. The number of sulfonamides is 1. The second kappa shape index (κ2) is 17.9. The van der Waals surface area contributed by atoms with Gasteiger partial charge in [-0.25, -0.2) is 13.2 Å². The zero-order valence-electron chi connectivity index (χ0n) is 31.4. The minimum Gasteiger partial charge on any atom is -0.450 e. The normalized spacial score (nSPS) is 24.2. The van der Waals surface area contributed by atoms with Crippen molar-refractivity contribution in [3.63, 3.8) is 0 Å². The largest absolute Gasteiger partial charge is 0.450 e. The summed E-state index contributed by atoms with van der Waals surface area (Å²) in [5.74, 6) is -0.861. The summed E-state index contributed by atoms with van der Waals surface area (Å²) >= 11 is 0. The summed E-state index contributed by atoms with van der Waals surface area (Å²) in [6.45, 7) is 11.3. The lowest BCUT2D eigenvalue weighted by Gasteiger charge is -2.35. The van der Waals surface area contributed by atoms with Crippen LogP contribution in [0.3, 0.4) is 0 Å². The molecule has 0 bridgehead atoms. The van der Waals surface area contributed by atoms with Gasteiger partial charge in [0.25, 0.3) is 5.91 Å². The minimum atomic E-state index is -3.85. The minimum absolute atomic E-state index is 0.0628. The molecule has 6 atom stereocenters. The summed E-state index contributed by atoms with van der Waals surface area (Å²) in [4.78, 5) is 55.2. The van der Waals surface area contributed by atoms with Crippen molar-refractivity contribution in [1.29, 1.82) is 0 Å². The second-order valence-corrected chi connectivity index (χ2v) is 17.4. The number of hydrogen-bond donors (Lipinski definition) is 3. The van der Waals surface area contributed by atoms with Gasteiger partial charge in [-0.1, -0.05) is 95.6 Å². The molecule has 4 rings (SSSR count). The van der Waals surface area contributed by atoms with Crippen molar-refractivity contribution < 1.29 is 37.1 Å². The van der Waals surface area contributed by atoms with E-state index in [-0.39, 0.29) is 38.0 Å². The number of nitrogens with one attached hydrogen (secondary N) is 3. The van der Waals surface area contributed by atoms with Crippen LogP contribution in [0.15, 0.2) is 60.8 Å². The van der Waals surface area contributed by atoms with Crippen molar-refractivity contribution in [2.45, 2.75) is 121 Å². The van der Waals surface area contributed by atoms with Gasteiger partial charge in [-0.2, -0.15) is 0 Å². The molecule has 1 aliphatic heterocycles. The maximum Gasteiger partial charge on any atom is 0.407 e. The lowest BCUT2D eigenvalue weighted by atomic mass is 9.77. The molecular formula is C39H58N4O8S. The summed E-state index contributed by atoms with van der Waals surface area (Å²) in [5, 5.41) is 4.84. The lowest BCUT2D eigenvalue weighted by Crippen LogP contribution is -2.59. The van der Waals surface area contributed by atoms with Crippen LogP contribution < -0.4 is 15.4 Å². The Labute approximate surface area is 309 Å².